The summed E-state index contributed by atoms with van der Waals surface area (Å²) in [4.78, 5) is 2.34. The first-order valence-electron chi connectivity index (χ1n) is 6.81. The number of methoxy groups -OCH3 is 1. The molecule has 4 heteroatoms. The lowest BCUT2D eigenvalue weighted by Crippen LogP contribution is -2.44. The number of piperidine rings is 1. The molecule has 3 unspecified atom stereocenters. The van der Waals surface area contributed by atoms with E-state index in [1.165, 1.54) is 6.07 Å². The average molecular weight is 265 g/mol. The second kappa shape index (κ2) is 5.80. The molecule has 106 valence electrons. The third-order valence-electron chi connectivity index (χ3n) is 4.18. The van der Waals surface area contributed by atoms with Gasteiger partial charge in [-0.2, -0.15) is 0 Å². The van der Waals surface area contributed by atoms with E-state index in [0.717, 1.165) is 25.1 Å². The quantitative estimate of drug-likeness (QED) is 0.881. The van der Waals surface area contributed by atoms with Crippen LogP contribution in [-0.4, -0.2) is 41.4 Å². The van der Waals surface area contributed by atoms with Crippen LogP contribution in [-0.2, 0) is 4.74 Å². The molecule has 0 saturated carbocycles. The van der Waals surface area contributed by atoms with Crippen molar-refractivity contribution in [3.05, 3.63) is 23.8 Å². The molecule has 4 nitrogen and oxygen atoms in total. The molecule has 0 spiro atoms. The van der Waals surface area contributed by atoms with Gasteiger partial charge in [-0.1, -0.05) is 6.92 Å². The third kappa shape index (κ3) is 3.19. The molecule has 1 heterocycles. The monoisotopic (exact) mass is 265 g/mol. The molecule has 0 aliphatic carbocycles. The van der Waals surface area contributed by atoms with Gasteiger partial charge >= 0.3 is 0 Å². The van der Waals surface area contributed by atoms with Crippen molar-refractivity contribution >= 4 is 0 Å². The molecule has 3 atom stereocenters. The van der Waals surface area contributed by atoms with Crippen LogP contribution in [0.15, 0.2) is 18.2 Å². The molecular formula is C15H23NO3. The van der Waals surface area contributed by atoms with E-state index in [0.29, 0.717) is 5.92 Å². The smallest absolute Gasteiger partial charge is 0.119 e. The molecule has 0 bridgehead atoms. The van der Waals surface area contributed by atoms with Gasteiger partial charge in [-0.3, -0.25) is 4.90 Å². The maximum Gasteiger partial charge on any atom is 0.119 e. The maximum absolute atomic E-state index is 9.58. The van der Waals surface area contributed by atoms with Gasteiger partial charge in [0.2, 0.25) is 0 Å². The molecule has 1 fully saturated rings. The van der Waals surface area contributed by atoms with Crippen molar-refractivity contribution in [2.45, 2.75) is 32.4 Å². The molecular weight excluding hydrogens is 242 g/mol. The van der Waals surface area contributed by atoms with Gasteiger partial charge in [0.1, 0.15) is 11.5 Å². The average Bonchev–Trinajstić information content (AvgIpc) is 2.37. The lowest BCUT2D eigenvalue weighted by molar-refractivity contribution is -0.0171. The second-order valence-electron chi connectivity index (χ2n) is 5.49. The highest BCUT2D eigenvalue weighted by Gasteiger charge is 2.29. The number of rotatable bonds is 3. The van der Waals surface area contributed by atoms with E-state index in [2.05, 4.69) is 18.7 Å². The zero-order valence-electron chi connectivity index (χ0n) is 11.8. The molecule has 1 aliphatic heterocycles. The zero-order valence-corrected chi connectivity index (χ0v) is 11.8. The first-order valence-corrected chi connectivity index (χ1v) is 6.81. The predicted octanol–water partition coefficient (Wildman–Crippen LogP) is 2.52. The Kier molecular flexibility index (Phi) is 4.32. The van der Waals surface area contributed by atoms with Crippen LogP contribution in [0.3, 0.4) is 0 Å². The summed E-state index contributed by atoms with van der Waals surface area (Å²) in [6.45, 7) is 6.21. The molecule has 2 rings (SSSR count). The largest absolute Gasteiger partial charge is 0.508 e. The fourth-order valence-corrected chi connectivity index (χ4v) is 2.79. The number of phenolic OH excluding ortho intramolecular Hbond substituents is 2. The van der Waals surface area contributed by atoms with Crippen LogP contribution in [0.2, 0.25) is 0 Å². The molecule has 1 aromatic carbocycles. The normalized spacial score (nSPS) is 26.3. The Labute approximate surface area is 114 Å². The number of hydrogen-bond donors (Lipinski definition) is 2. The Balaban J connectivity index is 2.12. The van der Waals surface area contributed by atoms with Gasteiger partial charge in [-0.05, 0) is 43.5 Å². The summed E-state index contributed by atoms with van der Waals surface area (Å²) in [6, 6.07) is 4.93. The highest BCUT2D eigenvalue weighted by Crippen LogP contribution is 2.31. The highest BCUT2D eigenvalue weighted by atomic mass is 16.5. The van der Waals surface area contributed by atoms with Crippen molar-refractivity contribution in [3.63, 3.8) is 0 Å². The van der Waals surface area contributed by atoms with E-state index >= 15 is 0 Å². The molecule has 1 aromatic rings. The standard InChI is InChI=1S/C15H23NO3/c1-10-4-5-16(9-15(10)19-3)11(2)12-6-13(17)8-14(18)7-12/h6-8,10-11,15,17-18H,4-5,9H2,1-3H3. The summed E-state index contributed by atoms with van der Waals surface area (Å²) in [5.41, 5.74) is 0.932. The van der Waals surface area contributed by atoms with Crippen molar-refractivity contribution < 1.29 is 14.9 Å². The maximum atomic E-state index is 9.58. The van der Waals surface area contributed by atoms with Crippen LogP contribution in [0, 0.1) is 5.92 Å². The number of ether oxygens (including phenoxy) is 1. The Morgan fingerprint density at radius 2 is 1.89 bits per heavy atom. The van der Waals surface area contributed by atoms with E-state index in [9.17, 15) is 10.2 Å². The summed E-state index contributed by atoms with van der Waals surface area (Å²) >= 11 is 0. The number of phenols is 2. The Morgan fingerprint density at radius 3 is 2.47 bits per heavy atom. The Morgan fingerprint density at radius 1 is 1.26 bits per heavy atom. The molecule has 1 saturated heterocycles. The third-order valence-corrected chi connectivity index (χ3v) is 4.18. The van der Waals surface area contributed by atoms with E-state index in [1.54, 1.807) is 19.2 Å². The van der Waals surface area contributed by atoms with E-state index in [4.69, 9.17) is 4.74 Å². The zero-order chi connectivity index (χ0) is 14.0. The fraction of sp³-hybridized carbons (Fsp3) is 0.600. The van der Waals surface area contributed by atoms with Gasteiger partial charge in [0.25, 0.3) is 0 Å². The summed E-state index contributed by atoms with van der Waals surface area (Å²) in [5, 5.41) is 19.2. The van der Waals surface area contributed by atoms with Crippen molar-refractivity contribution in [1.29, 1.82) is 0 Å². The van der Waals surface area contributed by atoms with Crippen LogP contribution in [0.1, 0.15) is 31.9 Å². The molecule has 1 aliphatic rings. The summed E-state index contributed by atoms with van der Waals surface area (Å²) < 4.78 is 5.53. The summed E-state index contributed by atoms with van der Waals surface area (Å²) in [6.07, 6.45) is 1.36. The van der Waals surface area contributed by atoms with Gasteiger partial charge in [0.15, 0.2) is 0 Å². The molecule has 2 N–H and O–H groups in total. The van der Waals surface area contributed by atoms with Crippen LogP contribution >= 0.6 is 0 Å². The molecule has 19 heavy (non-hydrogen) atoms. The SMILES string of the molecule is COC1CN(C(C)c2cc(O)cc(O)c2)CCC1C. The van der Waals surface area contributed by atoms with Crippen molar-refractivity contribution in [2.75, 3.05) is 20.2 Å². The minimum absolute atomic E-state index is 0.107. The van der Waals surface area contributed by atoms with Gasteiger partial charge in [0, 0.05) is 25.8 Å². The molecule has 0 amide bonds. The van der Waals surface area contributed by atoms with E-state index in [1.807, 2.05) is 0 Å². The Hall–Kier alpha value is -1.26. The Bertz CT molecular complexity index is 415. The van der Waals surface area contributed by atoms with E-state index < -0.39 is 0 Å². The van der Waals surface area contributed by atoms with Crippen LogP contribution < -0.4 is 0 Å². The lowest BCUT2D eigenvalue weighted by Gasteiger charge is -2.39. The van der Waals surface area contributed by atoms with Crippen LogP contribution in [0.25, 0.3) is 0 Å². The van der Waals surface area contributed by atoms with Crippen molar-refractivity contribution in [2.24, 2.45) is 5.92 Å². The summed E-state index contributed by atoms with van der Waals surface area (Å²) in [5.74, 6) is 0.789. The van der Waals surface area contributed by atoms with Gasteiger partial charge in [-0.25, -0.2) is 0 Å². The summed E-state index contributed by atoms with van der Waals surface area (Å²) in [7, 11) is 1.76. The van der Waals surface area contributed by atoms with Crippen molar-refractivity contribution in [3.8, 4) is 11.5 Å². The van der Waals surface area contributed by atoms with Gasteiger partial charge < -0.3 is 14.9 Å². The predicted molar refractivity (Wildman–Crippen MR) is 74.3 cm³/mol. The first-order chi connectivity index (χ1) is 9.01. The minimum Gasteiger partial charge on any atom is -0.508 e. The minimum atomic E-state index is 0.107. The first kappa shape index (κ1) is 14.2. The van der Waals surface area contributed by atoms with E-state index in [-0.39, 0.29) is 23.6 Å². The molecule has 0 radical (unpaired) electrons. The topological polar surface area (TPSA) is 52.9 Å². The number of benzene rings is 1. The van der Waals surface area contributed by atoms with Gasteiger partial charge in [0.05, 0.1) is 6.10 Å². The van der Waals surface area contributed by atoms with Crippen LogP contribution in [0.4, 0.5) is 0 Å². The molecule has 0 aromatic heterocycles. The number of hydrogen-bond acceptors (Lipinski definition) is 4. The number of aromatic hydroxyl groups is 2. The highest BCUT2D eigenvalue weighted by molar-refractivity contribution is 5.38. The second-order valence-corrected chi connectivity index (χ2v) is 5.49. The van der Waals surface area contributed by atoms with Gasteiger partial charge in [-0.15, -0.1) is 0 Å². The number of likely N-dealkylation sites (tertiary alicyclic amines) is 1. The lowest BCUT2D eigenvalue weighted by atomic mass is 9.93. The van der Waals surface area contributed by atoms with Crippen molar-refractivity contribution in [1.82, 2.24) is 4.90 Å². The van der Waals surface area contributed by atoms with Crippen LogP contribution in [0.5, 0.6) is 11.5 Å². The fourth-order valence-electron chi connectivity index (χ4n) is 2.79. The number of nitrogens with zero attached hydrogens (tertiary/aromatic N) is 1.